The summed E-state index contributed by atoms with van der Waals surface area (Å²) in [5, 5.41) is 24.2. The number of carbonyl (C=O) groups excluding carboxylic acids is 1. The maximum absolute atomic E-state index is 13.3. The van der Waals surface area contributed by atoms with Crippen molar-refractivity contribution in [3.8, 4) is 11.5 Å². The molecule has 0 bridgehead atoms. The average Bonchev–Trinajstić information content (AvgIpc) is 2.84. The second-order valence-electron chi connectivity index (χ2n) is 7.89. The number of nitrogens with one attached hydrogen (secondary N) is 2. The second-order valence-corrected chi connectivity index (χ2v) is 8.29. The predicted octanol–water partition coefficient (Wildman–Crippen LogP) is 4.83. The van der Waals surface area contributed by atoms with E-state index in [4.69, 9.17) is 11.6 Å². The van der Waals surface area contributed by atoms with Crippen LogP contribution in [0.5, 0.6) is 11.5 Å². The zero-order valence-electron chi connectivity index (χ0n) is 19.2. The van der Waals surface area contributed by atoms with Crippen LogP contribution in [0.25, 0.3) is 0 Å². The number of halogens is 5. The number of urea groups is 1. The van der Waals surface area contributed by atoms with Gasteiger partial charge in [-0.1, -0.05) is 41.9 Å². The van der Waals surface area contributed by atoms with Crippen molar-refractivity contribution in [2.75, 3.05) is 5.32 Å². The molecular formula is C24H20ClF4N3O6. The molecule has 0 spiro atoms. The average molecular weight is 558 g/mol. The van der Waals surface area contributed by atoms with E-state index in [1.807, 2.05) is 0 Å². The molecule has 1 heterocycles. The lowest BCUT2D eigenvalue weighted by atomic mass is 10.0. The van der Waals surface area contributed by atoms with Crippen molar-refractivity contribution >= 4 is 29.3 Å². The third kappa shape index (κ3) is 7.16. The minimum absolute atomic E-state index is 0.00671. The van der Waals surface area contributed by atoms with Gasteiger partial charge in [-0.2, -0.15) is 17.6 Å². The van der Waals surface area contributed by atoms with Crippen molar-refractivity contribution in [2.45, 2.75) is 31.5 Å². The van der Waals surface area contributed by atoms with E-state index >= 15 is 0 Å². The molecule has 0 saturated heterocycles. The van der Waals surface area contributed by atoms with Crippen LogP contribution in [0.4, 0.5) is 28.0 Å². The summed E-state index contributed by atoms with van der Waals surface area (Å²) in [6.45, 7) is 0.00671. The number of hydrogen-bond donors (Lipinski definition) is 4. The highest BCUT2D eigenvalue weighted by Gasteiger charge is 2.44. The Morgan fingerprint density at radius 2 is 1.82 bits per heavy atom. The molecule has 3 rings (SSSR count). The highest BCUT2D eigenvalue weighted by atomic mass is 35.5. The molecule has 0 aliphatic heterocycles. The molecule has 0 fully saturated rings. The standard InChI is InChI=1S/C24H20ClF4N3O6/c25-16-7-2-1-4-14(16)12-32-9-8-18(33)20(21(32)36)31-23(37)30-17(11-19(34)35)13-5-3-6-15(10-13)38-24(28,29)22(26)27/h1-10,17,22,33H,11-12H2,(H,34,35)(H2,30,31,37)/t17-/m0/s1. The summed E-state index contributed by atoms with van der Waals surface area (Å²) in [4.78, 5) is 36.9. The number of aliphatic carboxylic acids is 1. The summed E-state index contributed by atoms with van der Waals surface area (Å²) in [6.07, 6.45) is -8.40. The number of carboxylic acids is 1. The summed E-state index contributed by atoms with van der Waals surface area (Å²) < 4.78 is 56.7. The number of hydrogen-bond acceptors (Lipinski definition) is 5. The molecular weight excluding hydrogens is 538 g/mol. The van der Waals surface area contributed by atoms with Crippen LogP contribution in [0.15, 0.2) is 65.6 Å². The lowest BCUT2D eigenvalue weighted by Gasteiger charge is -2.21. The van der Waals surface area contributed by atoms with Gasteiger partial charge < -0.3 is 30.2 Å². The molecule has 2 amide bonds. The van der Waals surface area contributed by atoms with Crippen LogP contribution in [0, 0.1) is 0 Å². The van der Waals surface area contributed by atoms with Crippen LogP contribution in [0.1, 0.15) is 23.6 Å². The Balaban J connectivity index is 1.82. The molecule has 2 aromatic carbocycles. The first-order chi connectivity index (χ1) is 17.9. The monoisotopic (exact) mass is 557 g/mol. The number of pyridine rings is 1. The van der Waals surface area contributed by atoms with E-state index in [9.17, 15) is 42.2 Å². The quantitative estimate of drug-likeness (QED) is 0.264. The van der Waals surface area contributed by atoms with Gasteiger partial charge in [0.05, 0.1) is 19.0 Å². The van der Waals surface area contributed by atoms with Crippen LogP contribution < -0.4 is 20.9 Å². The number of ether oxygens (including phenoxy) is 1. The molecule has 0 radical (unpaired) electrons. The van der Waals surface area contributed by atoms with Crippen molar-refractivity contribution in [1.82, 2.24) is 9.88 Å². The Hall–Kier alpha value is -4.26. The number of carboxylic acid groups (broad SMARTS) is 1. The summed E-state index contributed by atoms with van der Waals surface area (Å²) in [5.74, 6) is -2.68. The van der Waals surface area contributed by atoms with Gasteiger partial charge in [0.2, 0.25) is 0 Å². The minimum atomic E-state index is -4.81. The topological polar surface area (TPSA) is 130 Å². The van der Waals surface area contributed by atoms with E-state index in [-0.39, 0.29) is 12.1 Å². The number of nitrogens with zero attached hydrogens (tertiary/aromatic N) is 1. The molecule has 3 aromatic rings. The maximum Gasteiger partial charge on any atom is 0.461 e. The van der Waals surface area contributed by atoms with Gasteiger partial charge in [-0.25, -0.2) is 4.79 Å². The highest BCUT2D eigenvalue weighted by Crippen LogP contribution is 2.30. The molecule has 0 saturated carbocycles. The van der Waals surface area contributed by atoms with Crippen LogP contribution in [-0.2, 0) is 11.3 Å². The Bertz CT molecular complexity index is 1390. The molecule has 1 aromatic heterocycles. The Morgan fingerprint density at radius 1 is 1.11 bits per heavy atom. The van der Waals surface area contributed by atoms with E-state index in [0.717, 1.165) is 28.8 Å². The number of alkyl halides is 4. The fourth-order valence-corrected chi connectivity index (χ4v) is 3.54. The van der Waals surface area contributed by atoms with Crippen molar-refractivity contribution in [3.05, 3.63) is 87.3 Å². The zero-order chi connectivity index (χ0) is 28.0. The van der Waals surface area contributed by atoms with E-state index in [2.05, 4.69) is 15.4 Å². The maximum atomic E-state index is 13.3. The van der Waals surface area contributed by atoms with Crippen molar-refractivity contribution in [3.63, 3.8) is 0 Å². The lowest BCUT2D eigenvalue weighted by Crippen LogP contribution is -2.36. The molecule has 14 heteroatoms. The highest BCUT2D eigenvalue weighted by molar-refractivity contribution is 6.31. The van der Waals surface area contributed by atoms with Gasteiger partial charge in [0, 0.05) is 11.2 Å². The van der Waals surface area contributed by atoms with Gasteiger partial charge in [-0.15, -0.1) is 0 Å². The largest absolute Gasteiger partial charge is 0.505 e. The van der Waals surface area contributed by atoms with Gasteiger partial charge in [0.1, 0.15) is 11.5 Å². The number of amides is 2. The Labute approximate surface area is 217 Å². The van der Waals surface area contributed by atoms with Crippen molar-refractivity contribution < 1.29 is 42.1 Å². The normalized spacial score (nSPS) is 12.2. The first kappa shape index (κ1) is 28.3. The van der Waals surface area contributed by atoms with E-state index < -0.39 is 59.7 Å². The van der Waals surface area contributed by atoms with E-state index in [1.165, 1.54) is 12.3 Å². The summed E-state index contributed by atoms with van der Waals surface area (Å²) >= 11 is 6.12. The smallest absolute Gasteiger partial charge is 0.461 e. The summed E-state index contributed by atoms with van der Waals surface area (Å²) in [5.41, 5.74) is -0.823. The number of benzene rings is 2. The van der Waals surface area contributed by atoms with Crippen LogP contribution >= 0.6 is 11.6 Å². The third-order valence-electron chi connectivity index (χ3n) is 5.13. The molecule has 4 N–H and O–H groups in total. The van der Waals surface area contributed by atoms with Crippen LogP contribution in [0.2, 0.25) is 5.02 Å². The lowest BCUT2D eigenvalue weighted by molar-refractivity contribution is -0.253. The first-order valence-electron chi connectivity index (χ1n) is 10.8. The fraction of sp³-hybridized carbons (Fsp3) is 0.208. The minimum Gasteiger partial charge on any atom is -0.505 e. The number of anilines is 1. The molecule has 1 atom stereocenters. The SMILES string of the molecule is O=C(O)C[C@H](NC(=O)Nc1c(O)ccn(Cc2ccccc2Cl)c1=O)c1cccc(OC(F)(F)C(F)F)c1. The molecule has 202 valence electrons. The molecule has 38 heavy (non-hydrogen) atoms. The Kier molecular flexibility index (Phi) is 8.84. The third-order valence-corrected chi connectivity index (χ3v) is 5.50. The van der Waals surface area contributed by atoms with Gasteiger partial charge in [0.15, 0.2) is 5.69 Å². The van der Waals surface area contributed by atoms with Crippen molar-refractivity contribution in [2.24, 2.45) is 0 Å². The molecule has 0 unspecified atom stereocenters. The fourth-order valence-electron chi connectivity index (χ4n) is 3.35. The number of aromatic nitrogens is 1. The first-order valence-corrected chi connectivity index (χ1v) is 11.1. The van der Waals surface area contributed by atoms with Gasteiger partial charge >= 0.3 is 24.5 Å². The van der Waals surface area contributed by atoms with Gasteiger partial charge in [-0.3, -0.25) is 9.59 Å². The predicted molar refractivity (Wildman–Crippen MR) is 128 cm³/mol. The van der Waals surface area contributed by atoms with Crippen LogP contribution in [-0.4, -0.2) is 39.3 Å². The Morgan fingerprint density at radius 3 is 2.47 bits per heavy atom. The molecule has 0 aliphatic carbocycles. The van der Waals surface area contributed by atoms with Crippen LogP contribution in [0.3, 0.4) is 0 Å². The summed E-state index contributed by atoms with van der Waals surface area (Å²) in [7, 11) is 0. The van der Waals surface area contributed by atoms with E-state index in [1.54, 1.807) is 24.3 Å². The van der Waals surface area contributed by atoms with Crippen molar-refractivity contribution in [1.29, 1.82) is 0 Å². The summed E-state index contributed by atoms with van der Waals surface area (Å²) in [6, 6.07) is 9.54. The second kappa shape index (κ2) is 11.9. The zero-order valence-corrected chi connectivity index (χ0v) is 20.0. The number of rotatable bonds is 10. The van der Waals surface area contributed by atoms with Gasteiger partial charge in [-0.05, 0) is 35.4 Å². The number of carbonyl (C=O) groups is 2. The van der Waals surface area contributed by atoms with E-state index in [0.29, 0.717) is 10.6 Å². The molecule has 9 nitrogen and oxygen atoms in total. The van der Waals surface area contributed by atoms with Gasteiger partial charge in [0.25, 0.3) is 5.56 Å². The molecule has 0 aliphatic rings. The number of aromatic hydroxyl groups is 1.